The maximum absolute atomic E-state index is 10.4. The summed E-state index contributed by atoms with van der Waals surface area (Å²) in [7, 11) is -1.64. The Kier molecular flexibility index (Phi) is 5.15. The molecule has 0 rings (SSSR count). The van der Waals surface area contributed by atoms with Crippen molar-refractivity contribution < 1.29 is 4.79 Å². The van der Waals surface area contributed by atoms with Crippen LogP contribution in [0, 0.1) is 11.5 Å². The molecule has 0 saturated carbocycles. The van der Waals surface area contributed by atoms with Gasteiger partial charge in [-0.3, -0.25) is 4.79 Å². The Balaban J connectivity index is 5.26. The smallest absolute Gasteiger partial charge is 0.192 e. The molecule has 0 atom stereocenters. The molecule has 0 saturated heterocycles. The van der Waals surface area contributed by atoms with Crippen LogP contribution in [0.3, 0.4) is 0 Å². The van der Waals surface area contributed by atoms with Crippen LogP contribution in [0.2, 0.25) is 16.6 Å². The van der Waals surface area contributed by atoms with E-state index < -0.39 is 8.07 Å². The van der Waals surface area contributed by atoms with E-state index >= 15 is 0 Å². The Bertz CT molecular complexity index is 221. The molecule has 0 aliphatic heterocycles. The van der Waals surface area contributed by atoms with Crippen LogP contribution in [0.1, 0.15) is 41.5 Å². The number of rotatable bonds is 3. The Hall–Kier alpha value is -0.553. The summed E-state index contributed by atoms with van der Waals surface area (Å²) in [5.41, 5.74) is 5.12. The van der Waals surface area contributed by atoms with Gasteiger partial charge in [-0.2, -0.15) is 0 Å². The van der Waals surface area contributed by atoms with Gasteiger partial charge >= 0.3 is 0 Å². The normalized spacial score (nSPS) is 11.8. The van der Waals surface area contributed by atoms with Crippen molar-refractivity contribution in [3.63, 3.8) is 0 Å². The number of hydrogen-bond acceptors (Lipinski definition) is 1. The van der Waals surface area contributed by atoms with E-state index in [2.05, 4.69) is 53.0 Å². The molecular weight excluding hydrogens is 188 g/mol. The molecule has 0 aromatic carbocycles. The lowest BCUT2D eigenvalue weighted by atomic mass is 10.5. The molecule has 1 nitrogen and oxygen atoms in total. The Morgan fingerprint density at radius 3 is 1.50 bits per heavy atom. The Labute approximate surface area is 89.3 Å². The maximum Gasteiger partial charge on any atom is 0.192 e. The van der Waals surface area contributed by atoms with Crippen LogP contribution in [0.25, 0.3) is 0 Å². The van der Waals surface area contributed by atoms with Crippen molar-refractivity contribution >= 4 is 14.4 Å². The molecule has 0 aliphatic carbocycles. The third-order valence-electron chi connectivity index (χ3n) is 3.21. The molecule has 0 aromatic rings. The van der Waals surface area contributed by atoms with Gasteiger partial charge in [-0.1, -0.05) is 41.5 Å². The van der Waals surface area contributed by atoms with Crippen molar-refractivity contribution in [3.8, 4) is 11.5 Å². The van der Waals surface area contributed by atoms with Crippen LogP contribution >= 0.6 is 0 Å². The lowest BCUT2D eigenvalue weighted by molar-refractivity contribution is -0.103. The van der Waals surface area contributed by atoms with Crippen molar-refractivity contribution in [2.75, 3.05) is 0 Å². The van der Waals surface area contributed by atoms with Gasteiger partial charge in [0.2, 0.25) is 0 Å². The predicted molar refractivity (Wildman–Crippen MR) is 64.9 cm³/mol. The molecule has 0 bridgehead atoms. The number of carbonyl (C=O) groups excluding carboxylic acids is 1. The minimum absolute atomic E-state index is 0.606. The minimum Gasteiger partial charge on any atom is -0.289 e. The molecule has 0 radical (unpaired) electrons. The van der Waals surface area contributed by atoms with Crippen LogP contribution < -0.4 is 0 Å². The SMILES string of the molecule is CC(C)[Si](C#CC=O)(C(C)C)C(C)C. The highest BCUT2D eigenvalue weighted by molar-refractivity contribution is 6.90. The van der Waals surface area contributed by atoms with E-state index in [1.54, 1.807) is 0 Å². The van der Waals surface area contributed by atoms with Crippen LogP contribution in [0.15, 0.2) is 0 Å². The molecule has 0 spiro atoms. The quantitative estimate of drug-likeness (QED) is 0.396. The first-order chi connectivity index (χ1) is 6.39. The van der Waals surface area contributed by atoms with Crippen LogP contribution in [-0.2, 0) is 4.79 Å². The van der Waals surface area contributed by atoms with Gasteiger partial charge < -0.3 is 0 Å². The van der Waals surface area contributed by atoms with Gasteiger partial charge in [0.05, 0.1) is 0 Å². The molecule has 14 heavy (non-hydrogen) atoms. The largest absolute Gasteiger partial charge is 0.289 e. The standard InChI is InChI=1S/C12H22OSi/c1-10(2)14(11(3)4,12(5)6)9-7-8-13/h8,10-12H,1-6H3. The zero-order chi connectivity index (χ0) is 11.4. The summed E-state index contributed by atoms with van der Waals surface area (Å²) in [5.74, 6) is 2.66. The number of aldehydes is 1. The van der Waals surface area contributed by atoms with Gasteiger partial charge in [0.1, 0.15) is 8.07 Å². The van der Waals surface area contributed by atoms with Crippen LogP contribution in [0.4, 0.5) is 0 Å². The molecule has 0 fully saturated rings. The fraction of sp³-hybridized carbons (Fsp3) is 0.750. The molecule has 0 N–H and O–H groups in total. The molecular formula is C12H22OSi. The van der Waals surface area contributed by atoms with Crippen molar-refractivity contribution in [2.45, 2.75) is 58.2 Å². The van der Waals surface area contributed by atoms with E-state index in [-0.39, 0.29) is 0 Å². The minimum atomic E-state index is -1.64. The molecule has 2 heteroatoms. The molecule has 0 aliphatic rings. The second-order valence-corrected chi connectivity index (χ2v) is 10.4. The van der Waals surface area contributed by atoms with Gasteiger partial charge in [-0.15, -0.1) is 5.54 Å². The highest BCUT2D eigenvalue weighted by Gasteiger charge is 2.41. The van der Waals surface area contributed by atoms with Crippen molar-refractivity contribution in [3.05, 3.63) is 0 Å². The first kappa shape index (κ1) is 13.4. The summed E-state index contributed by atoms with van der Waals surface area (Å²) in [4.78, 5) is 10.4. The van der Waals surface area contributed by atoms with E-state index in [0.29, 0.717) is 16.6 Å². The summed E-state index contributed by atoms with van der Waals surface area (Å²) >= 11 is 0. The average Bonchev–Trinajstić information content (AvgIpc) is 2.03. The first-order valence-corrected chi connectivity index (χ1v) is 7.59. The summed E-state index contributed by atoms with van der Waals surface area (Å²) in [6.45, 7) is 13.5. The Morgan fingerprint density at radius 1 is 0.929 bits per heavy atom. The van der Waals surface area contributed by atoms with E-state index in [0.717, 1.165) is 6.29 Å². The Morgan fingerprint density at radius 2 is 1.29 bits per heavy atom. The fourth-order valence-corrected chi connectivity index (χ4v) is 7.76. The third kappa shape index (κ3) is 2.48. The summed E-state index contributed by atoms with van der Waals surface area (Å²) in [6, 6.07) is 0. The third-order valence-corrected chi connectivity index (χ3v) is 9.52. The molecule has 0 amide bonds. The zero-order valence-electron chi connectivity index (χ0n) is 10.2. The molecule has 80 valence electrons. The van der Waals surface area contributed by atoms with Gasteiger partial charge in [-0.05, 0) is 22.5 Å². The lowest BCUT2D eigenvalue weighted by Crippen LogP contribution is -2.43. The van der Waals surface area contributed by atoms with E-state index in [4.69, 9.17) is 0 Å². The fourth-order valence-electron chi connectivity index (χ4n) is 2.59. The molecule has 0 aromatic heterocycles. The summed E-state index contributed by atoms with van der Waals surface area (Å²) < 4.78 is 0. The maximum atomic E-state index is 10.4. The zero-order valence-corrected chi connectivity index (χ0v) is 11.2. The van der Waals surface area contributed by atoms with Crippen molar-refractivity contribution in [2.24, 2.45) is 0 Å². The second-order valence-electron chi connectivity index (χ2n) is 4.78. The lowest BCUT2D eigenvalue weighted by Gasteiger charge is -2.37. The van der Waals surface area contributed by atoms with E-state index in [1.165, 1.54) is 0 Å². The molecule has 0 unspecified atom stereocenters. The van der Waals surface area contributed by atoms with Crippen molar-refractivity contribution in [1.82, 2.24) is 0 Å². The van der Waals surface area contributed by atoms with E-state index in [1.807, 2.05) is 0 Å². The second kappa shape index (κ2) is 5.36. The highest BCUT2D eigenvalue weighted by Crippen LogP contribution is 2.40. The number of hydrogen-bond donors (Lipinski definition) is 0. The molecule has 0 heterocycles. The monoisotopic (exact) mass is 210 g/mol. The summed E-state index contributed by atoms with van der Waals surface area (Å²) in [6.07, 6.45) is 0.731. The number of carbonyl (C=O) groups is 1. The predicted octanol–water partition coefficient (Wildman–Crippen LogP) is 3.41. The first-order valence-electron chi connectivity index (χ1n) is 5.35. The topological polar surface area (TPSA) is 17.1 Å². The van der Waals surface area contributed by atoms with Gasteiger partial charge in [0.25, 0.3) is 0 Å². The van der Waals surface area contributed by atoms with Gasteiger partial charge in [-0.25, -0.2) is 0 Å². The highest BCUT2D eigenvalue weighted by atomic mass is 28.3. The van der Waals surface area contributed by atoms with Crippen LogP contribution in [0.5, 0.6) is 0 Å². The summed E-state index contributed by atoms with van der Waals surface area (Å²) in [5, 5.41) is 0. The van der Waals surface area contributed by atoms with E-state index in [9.17, 15) is 4.79 Å². The van der Waals surface area contributed by atoms with Gasteiger partial charge in [0, 0.05) is 0 Å². The van der Waals surface area contributed by atoms with Crippen molar-refractivity contribution in [1.29, 1.82) is 0 Å². The van der Waals surface area contributed by atoms with Gasteiger partial charge in [0.15, 0.2) is 6.29 Å². The van der Waals surface area contributed by atoms with Crippen LogP contribution in [-0.4, -0.2) is 14.4 Å². The average molecular weight is 210 g/mol.